The minimum absolute atomic E-state index is 0.102. The molecule has 1 amide bonds. The summed E-state index contributed by atoms with van der Waals surface area (Å²) in [5.41, 5.74) is 5.98. The molecule has 2 rings (SSSR count). The summed E-state index contributed by atoms with van der Waals surface area (Å²) in [5.74, 6) is 1.23. The zero-order chi connectivity index (χ0) is 14.7. The number of halogens is 1. The fourth-order valence-corrected chi connectivity index (χ4v) is 2.50. The van der Waals surface area contributed by atoms with Gasteiger partial charge in [-0.2, -0.15) is 0 Å². The van der Waals surface area contributed by atoms with Gasteiger partial charge in [0.05, 0.1) is 11.2 Å². The fourth-order valence-electron chi connectivity index (χ4n) is 2.33. The summed E-state index contributed by atoms with van der Waals surface area (Å²) < 4.78 is 0. The molecule has 1 aliphatic heterocycles. The fraction of sp³-hybridized carbons (Fsp3) is 0.643. The van der Waals surface area contributed by atoms with E-state index in [1.165, 1.54) is 6.20 Å². The molecule has 110 valence electrons. The molecule has 0 atom stereocenters. The number of aromatic nitrogens is 2. The molecule has 1 saturated heterocycles. The Labute approximate surface area is 124 Å². The lowest BCUT2D eigenvalue weighted by Crippen LogP contribution is -2.40. The van der Waals surface area contributed by atoms with E-state index in [0.717, 1.165) is 25.9 Å². The molecular weight excluding hydrogens is 276 g/mol. The largest absolute Gasteiger partial charge is 0.337 e. The molecule has 1 aromatic rings. The first-order chi connectivity index (χ1) is 9.52. The second-order valence-electron chi connectivity index (χ2n) is 5.55. The van der Waals surface area contributed by atoms with Crippen LogP contribution in [0.2, 0.25) is 5.02 Å². The number of carbonyl (C=O) groups excluding carboxylic acids is 1. The third-order valence-electron chi connectivity index (χ3n) is 3.72. The molecule has 0 aliphatic carbocycles. The van der Waals surface area contributed by atoms with Crippen LogP contribution in [0.5, 0.6) is 0 Å². The number of nitrogens with two attached hydrogens (primary N) is 1. The van der Waals surface area contributed by atoms with E-state index in [0.29, 0.717) is 29.0 Å². The number of nitrogens with zero attached hydrogens (tertiary/aromatic N) is 3. The molecule has 20 heavy (non-hydrogen) atoms. The van der Waals surface area contributed by atoms with Crippen LogP contribution in [0.1, 0.15) is 48.9 Å². The maximum Gasteiger partial charge on any atom is 0.274 e. The standard InChI is InChI=1S/C14H21ClN4O/c1-9(2)13-17-8-11(15)12(18-13)14(20)19-5-3-10(7-16)4-6-19/h8-10H,3-7,16H2,1-2H3. The predicted molar refractivity (Wildman–Crippen MR) is 78.8 cm³/mol. The Kier molecular flexibility index (Phi) is 4.94. The lowest BCUT2D eigenvalue weighted by Gasteiger charge is -2.31. The molecule has 0 radical (unpaired) electrons. The number of rotatable bonds is 3. The van der Waals surface area contributed by atoms with Crippen LogP contribution >= 0.6 is 11.6 Å². The molecule has 0 aromatic carbocycles. The van der Waals surface area contributed by atoms with Gasteiger partial charge in [-0.3, -0.25) is 4.79 Å². The second-order valence-corrected chi connectivity index (χ2v) is 5.96. The minimum atomic E-state index is -0.102. The molecule has 0 unspecified atom stereocenters. The Morgan fingerprint density at radius 2 is 2.15 bits per heavy atom. The van der Waals surface area contributed by atoms with Crippen LogP contribution in [0.15, 0.2) is 6.20 Å². The van der Waals surface area contributed by atoms with E-state index in [-0.39, 0.29) is 11.8 Å². The molecule has 0 spiro atoms. The molecule has 1 aromatic heterocycles. The zero-order valence-electron chi connectivity index (χ0n) is 12.0. The van der Waals surface area contributed by atoms with Crippen molar-refractivity contribution in [3.8, 4) is 0 Å². The van der Waals surface area contributed by atoms with E-state index in [1.54, 1.807) is 0 Å². The number of carbonyl (C=O) groups is 1. The predicted octanol–water partition coefficient (Wildman–Crippen LogP) is 2.06. The third kappa shape index (κ3) is 3.27. The van der Waals surface area contributed by atoms with Gasteiger partial charge in [-0.05, 0) is 25.3 Å². The summed E-state index contributed by atoms with van der Waals surface area (Å²) in [4.78, 5) is 22.8. The molecular formula is C14H21ClN4O. The van der Waals surface area contributed by atoms with E-state index < -0.39 is 0 Å². The maximum absolute atomic E-state index is 12.5. The van der Waals surface area contributed by atoms with E-state index in [4.69, 9.17) is 17.3 Å². The molecule has 2 N–H and O–H groups in total. The van der Waals surface area contributed by atoms with Gasteiger partial charge in [0, 0.05) is 19.0 Å². The van der Waals surface area contributed by atoms with E-state index in [9.17, 15) is 4.79 Å². The summed E-state index contributed by atoms with van der Waals surface area (Å²) in [6, 6.07) is 0. The van der Waals surface area contributed by atoms with Crippen LogP contribution in [0.3, 0.4) is 0 Å². The van der Waals surface area contributed by atoms with Crippen LogP contribution < -0.4 is 5.73 Å². The molecule has 0 bridgehead atoms. The van der Waals surface area contributed by atoms with Gasteiger partial charge >= 0.3 is 0 Å². The van der Waals surface area contributed by atoms with Crippen LogP contribution in [0.25, 0.3) is 0 Å². The highest BCUT2D eigenvalue weighted by molar-refractivity contribution is 6.33. The van der Waals surface area contributed by atoms with Crippen molar-refractivity contribution in [1.29, 1.82) is 0 Å². The van der Waals surface area contributed by atoms with Gasteiger partial charge in [-0.25, -0.2) is 9.97 Å². The average molecular weight is 297 g/mol. The highest BCUT2D eigenvalue weighted by atomic mass is 35.5. The second kappa shape index (κ2) is 6.50. The topological polar surface area (TPSA) is 72.1 Å². The van der Waals surface area contributed by atoms with Crippen molar-refractivity contribution in [3.05, 3.63) is 22.7 Å². The Bertz CT molecular complexity index is 484. The lowest BCUT2D eigenvalue weighted by atomic mass is 9.97. The first kappa shape index (κ1) is 15.2. The average Bonchev–Trinajstić information content (AvgIpc) is 2.47. The number of piperidine rings is 1. The van der Waals surface area contributed by atoms with Gasteiger partial charge in [0.2, 0.25) is 0 Å². The molecule has 1 fully saturated rings. The van der Waals surface area contributed by atoms with Crippen molar-refractivity contribution in [3.63, 3.8) is 0 Å². The van der Waals surface area contributed by atoms with Crippen molar-refractivity contribution < 1.29 is 4.79 Å². The van der Waals surface area contributed by atoms with Gasteiger partial charge in [0.1, 0.15) is 5.82 Å². The van der Waals surface area contributed by atoms with Crippen molar-refractivity contribution in [2.24, 2.45) is 11.7 Å². The van der Waals surface area contributed by atoms with Crippen molar-refractivity contribution in [2.75, 3.05) is 19.6 Å². The quantitative estimate of drug-likeness (QED) is 0.927. The van der Waals surface area contributed by atoms with E-state index in [2.05, 4.69) is 9.97 Å². The van der Waals surface area contributed by atoms with Gasteiger partial charge in [-0.1, -0.05) is 25.4 Å². The van der Waals surface area contributed by atoms with Gasteiger partial charge < -0.3 is 10.6 Å². The monoisotopic (exact) mass is 296 g/mol. The minimum Gasteiger partial charge on any atom is -0.337 e. The lowest BCUT2D eigenvalue weighted by molar-refractivity contribution is 0.0687. The molecule has 5 nitrogen and oxygen atoms in total. The summed E-state index contributed by atoms with van der Waals surface area (Å²) in [6.45, 7) is 6.11. The van der Waals surface area contributed by atoms with Crippen LogP contribution in [-0.2, 0) is 0 Å². The van der Waals surface area contributed by atoms with Crippen LogP contribution in [0, 0.1) is 5.92 Å². The number of amides is 1. The molecule has 1 aliphatic rings. The van der Waals surface area contributed by atoms with Gasteiger partial charge in [0.15, 0.2) is 5.69 Å². The Balaban J connectivity index is 2.15. The first-order valence-electron chi connectivity index (χ1n) is 7.04. The normalized spacial score (nSPS) is 16.8. The summed E-state index contributed by atoms with van der Waals surface area (Å²) in [5, 5.41) is 0.320. The highest BCUT2D eigenvalue weighted by Crippen LogP contribution is 2.21. The number of hydrogen-bond donors (Lipinski definition) is 1. The number of likely N-dealkylation sites (tertiary alicyclic amines) is 1. The molecule has 6 heteroatoms. The summed E-state index contributed by atoms with van der Waals surface area (Å²) in [6.07, 6.45) is 3.41. The Morgan fingerprint density at radius 3 is 2.70 bits per heavy atom. The highest BCUT2D eigenvalue weighted by Gasteiger charge is 2.25. The SMILES string of the molecule is CC(C)c1ncc(Cl)c(C(=O)N2CCC(CN)CC2)n1. The Morgan fingerprint density at radius 1 is 1.50 bits per heavy atom. The number of hydrogen-bond acceptors (Lipinski definition) is 4. The first-order valence-corrected chi connectivity index (χ1v) is 7.42. The van der Waals surface area contributed by atoms with Crippen LogP contribution in [0.4, 0.5) is 0 Å². The Hall–Kier alpha value is -1.20. The van der Waals surface area contributed by atoms with Gasteiger partial charge in [-0.15, -0.1) is 0 Å². The molecule has 0 saturated carbocycles. The summed E-state index contributed by atoms with van der Waals surface area (Å²) >= 11 is 6.08. The van der Waals surface area contributed by atoms with Crippen molar-refractivity contribution in [1.82, 2.24) is 14.9 Å². The van der Waals surface area contributed by atoms with Crippen molar-refractivity contribution >= 4 is 17.5 Å². The molecule has 2 heterocycles. The third-order valence-corrected chi connectivity index (χ3v) is 3.99. The van der Waals surface area contributed by atoms with E-state index in [1.807, 2.05) is 18.7 Å². The van der Waals surface area contributed by atoms with E-state index >= 15 is 0 Å². The van der Waals surface area contributed by atoms with Crippen LogP contribution in [-0.4, -0.2) is 40.4 Å². The smallest absolute Gasteiger partial charge is 0.274 e. The zero-order valence-corrected chi connectivity index (χ0v) is 12.7. The maximum atomic E-state index is 12.5. The van der Waals surface area contributed by atoms with Gasteiger partial charge in [0.25, 0.3) is 5.91 Å². The van der Waals surface area contributed by atoms with Crippen molar-refractivity contribution in [2.45, 2.75) is 32.6 Å². The summed E-state index contributed by atoms with van der Waals surface area (Å²) in [7, 11) is 0.